The number of nitrogens with zero attached hydrogens (tertiary/aromatic N) is 4. The number of aliphatic imine (C=N–C) groups is 1. The van der Waals surface area contributed by atoms with Crippen LogP contribution in [0, 0.1) is 5.92 Å². The molecule has 0 spiro atoms. The molecule has 1 saturated heterocycles. The first-order valence-electron chi connectivity index (χ1n) is 9.86. The minimum absolute atomic E-state index is 0. The maximum Gasteiger partial charge on any atom is 0.251 e. The second-order valence-electron chi connectivity index (χ2n) is 7.29. The molecule has 2 N–H and O–H groups in total. The van der Waals surface area contributed by atoms with Gasteiger partial charge in [0, 0.05) is 51.7 Å². The van der Waals surface area contributed by atoms with Gasteiger partial charge in [-0.05, 0) is 36.5 Å². The van der Waals surface area contributed by atoms with E-state index in [1.54, 1.807) is 7.05 Å². The number of piperidine rings is 1. The minimum Gasteiger partial charge on any atom is -0.356 e. The van der Waals surface area contributed by atoms with Crippen molar-refractivity contribution in [2.45, 2.75) is 25.8 Å². The van der Waals surface area contributed by atoms with Gasteiger partial charge in [0.2, 0.25) is 0 Å². The van der Waals surface area contributed by atoms with E-state index < -0.39 is 0 Å². The molecule has 29 heavy (non-hydrogen) atoms. The van der Waals surface area contributed by atoms with Gasteiger partial charge in [0.25, 0.3) is 5.91 Å². The summed E-state index contributed by atoms with van der Waals surface area (Å²) in [7, 11) is 3.48. The Morgan fingerprint density at radius 3 is 2.90 bits per heavy atom. The van der Waals surface area contributed by atoms with Crippen LogP contribution in [0.25, 0.3) is 0 Å². The fourth-order valence-electron chi connectivity index (χ4n) is 3.76. The van der Waals surface area contributed by atoms with E-state index in [2.05, 4.69) is 43.1 Å². The van der Waals surface area contributed by atoms with Crippen LogP contribution in [0.15, 0.2) is 48.0 Å². The molecular weight excluding hydrogens is 479 g/mol. The first-order chi connectivity index (χ1) is 13.6. The number of halogens is 1. The summed E-state index contributed by atoms with van der Waals surface area (Å²) in [5.74, 6) is 1.48. The van der Waals surface area contributed by atoms with Crippen molar-refractivity contribution in [2.75, 3.05) is 33.7 Å². The molecule has 0 radical (unpaired) electrons. The minimum atomic E-state index is -0.0569. The fraction of sp³-hybridized carbons (Fsp3) is 0.476. The number of hydrogen-bond acceptors (Lipinski definition) is 3. The Balaban J connectivity index is 0.00000300. The fourth-order valence-corrected chi connectivity index (χ4v) is 3.76. The molecule has 2 unspecified atom stereocenters. The summed E-state index contributed by atoms with van der Waals surface area (Å²) in [5.41, 5.74) is 1.82. The third kappa shape index (κ3) is 5.94. The van der Waals surface area contributed by atoms with E-state index in [9.17, 15) is 4.79 Å². The highest BCUT2D eigenvalue weighted by molar-refractivity contribution is 14.0. The third-order valence-corrected chi connectivity index (χ3v) is 5.45. The summed E-state index contributed by atoms with van der Waals surface area (Å²) in [4.78, 5) is 22.8. The third-order valence-electron chi connectivity index (χ3n) is 5.45. The molecule has 3 rings (SSSR count). The lowest BCUT2D eigenvalue weighted by Crippen LogP contribution is -2.49. The summed E-state index contributed by atoms with van der Waals surface area (Å²) in [6.45, 7) is 4.99. The summed E-state index contributed by atoms with van der Waals surface area (Å²) >= 11 is 0. The van der Waals surface area contributed by atoms with Crippen molar-refractivity contribution in [3.8, 4) is 0 Å². The van der Waals surface area contributed by atoms with Crippen molar-refractivity contribution < 1.29 is 4.79 Å². The number of guanidine groups is 1. The highest BCUT2D eigenvalue weighted by Crippen LogP contribution is 2.27. The lowest BCUT2D eigenvalue weighted by atomic mass is 9.93. The zero-order chi connectivity index (χ0) is 19.9. The van der Waals surface area contributed by atoms with Crippen LogP contribution in [0.3, 0.4) is 0 Å². The summed E-state index contributed by atoms with van der Waals surface area (Å²) in [6, 6.07) is 8.16. The molecule has 1 aliphatic heterocycles. The Hall–Kier alpha value is -2.10. The van der Waals surface area contributed by atoms with Crippen LogP contribution in [-0.2, 0) is 6.42 Å². The van der Waals surface area contributed by atoms with Gasteiger partial charge in [-0.1, -0.05) is 19.1 Å². The maximum absolute atomic E-state index is 11.8. The van der Waals surface area contributed by atoms with Crippen molar-refractivity contribution in [2.24, 2.45) is 10.9 Å². The number of nitrogens with one attached hydrogen (secondary N) is 2. The summed E-state index contributed by atoms with van der Waals surface area (Å²) in [5, 5.41) is 6.15. The van der Waals surface area contributed by atoms with Gasteiger partial charge in [0.15, 0.2) is 5.96 Å². The van der Waals surface area contributed by atoms with Crippen molar-refractivity contribution in [1.29, 1.82) is 0 Å². The number of amides is 1. The van der Waals surface area contributed by atoms with Gasteiger partial charge in [0.05, 0.1) is 12.4 Å². The van der Waals surface area contributed by atoms with Crippen LogP contribution in [0.1, 0.15) is 35.3 Å². The van der Waals surface area contributed by atoms with Crippen LogP contribution in [0.2, 0.25) is 0 Å². The number of imidazole rings is 1. The molecule has 1 amide bonds. The van der Waals surface area contributed by atoms with Gasteiger partial charge in [-0.3, -0.25) is 9.79 Å². The Morgan fingerprint density at radius 2 is 2.21 bits per heavy atom. The van der Waals surface area contributed by atoms with E-state index in [4.69, 9.17) is 0 Å². The molecule has 2 aromatic rings. The predicted octanol–water partition coefficient (Wildman–Crippen LogP) is 2.56. The predicted molar refractivity (Wildman–Crippen MR) is 127 cm³/mol. The number of aromatic nitrogens is 2. The number of benzene rings is 1. The molecule has 7 nitrogen and oxygen atoms in total. The quantitative estimate of drug-likeness (QED) is 0.369. The smallest absolute Gasteiger partial charge is 0.251 e. The van der Waals surface area contributed by atoms with Crippen molar-refractivity contribution in [3.63, 3.8) is 0 Å². The molecule has 1 aromatic carbocycles. The van der Waals surface area contributed by atoms with Crippen molar-refractivity contribution in [1.82, 2.24) is 25.1 Å². The number of carbonyl (C=O) groups excluding carboxylic acids is 1. The van der Waals surface area contributed by atoms with Crippen LogP contribution < -0.4 is 10.6 Å². The van der Waals surface area contributed by atoms with Gasteiger partial charge < -0.3 is 20.1 Å². The number of rotatable bonds is 5. The van der Waals surface area contributed by atoms with Gasteiger partial charge in [-0.2, -0.15) is 0 Å². The van der Waals surface area contributed by atoms with E-state index in [0.717, 1.165) is 44.0 Å². The molecule has 2 atom stereocenters. The molecule has 1 aliphatic rings. The number of carbonyl (C=O) groups is 1. The molecule has 2 heterocycles. The van der Waals surface area contributed by atoms with Gasteiger partial charge in [-0.25, -0.2) is 4.98 Å². The molecule has 0 bridgehead atoms. The van der Waals surface area contributed by atoms with E-state index in [-0.39, 0.29) is 29.9 Å². The monoisotopic (exact) mass is 510 g/mol. The Kier molecular flexibility index (Phi) is 8.94. The van der Waals surface area contributed by atoms with E-state index >= 15 is 0 Å². The van der Waals surface area contributed by atoms with Gasteiger partial charge >= 0.3 is 0 Å². The normalized spacial score (nSPS) is 19.4. The van der Waals surface area contributed by atoms with Crippen LogP contribution in [0.5, 0.6) is 0 Å². The zero-order valence-corrected chi connectivity index (χ0v) is 19.7. The van der Waals surface area contributed by atoms with E-state index in [0.29, 0.717) is 17.5 Å². The topological polar surface area (TPSA) is 74.6 Å². The SMILES string of the molecule is CN=C(NCCc1cccc(C(=O)NC)c1)N1CCC(C)C(n2ccnc2)C1.I. The van der Waals surface area contributed by atoms with Crippen LogP contribution >= 0.6 is 24.0 Å². The van der Waals surface area contributed by atoms with Crippen molar-refractivity contribution >= 4 is 35.8 Å². The first-order valence-corrected chi connectivity index (χ1v) is 9.86. The average Bonchev–Trinajstić information content (AvgIpc) is 3.26. The lowest BCUT2D eigenvalue weighted by Gasteiger charge is -2.39. The zero-order valence-electron chi connectivity index (χ0n) is 17.3. The second kappa shape index (κ2) is 11.2. The molecule has 0 aliphatic carbocycles. The Labute approximate surface area is 190 Å². The molecular formula is C21H31IN6O. The molecule has 1 aromatic heterocycles. The van der Waals surface area contributed by atoms with E-state index in [1.807, 2.05) is 44.0 Å². The summed E-state index contributed by atoms with van der Waals surface area (Å²) < 4.78 is 2.20. The number of hydrogen-bond donors (Lipinski definition) is 2. The van der Waals surface area contributed by atoms with Crippen molar-refractivity contribution in [3.05, 3.63) is 54.1 Å². The standard InChI is InChI=1S/C21H30N6O.HI/c1-16-8-11-26(14-19(16)27-12-10-24-15-27)21(23-3)25-9-7-17-5-4-6-18(13-17)20(28)22-2;/h4-6,10,12-13,15-16,19H,7-9,11,14H2,1-3H3,(H,22,28)(H,23,25);1H. The largest absolute Gasteiger partial charge is 0.356 e. The van der Waals surface area contributed by atoms with E-state index in [1.165, 1.54) is 0 Å². The lowest BCUT2D eigenvalue weighted by molar-refractivity contribution is 0.0963. The van der Waals surface area contributed by atoms with Gasteiger partial charge in [-0.15, -0.1) is 24.0 Å². The molecule has 8 heteroatoms. The number of likely N-dealkylation sites (tertiary alicyclic amines) is 1. The highest BCUT2D eigenvalue weighted by atomic mass is 127. The highest BCUT2D eigenvalue weighted by Gasteiger charge is 2.28. The van der Waals surface area contributed by atoms with Crippen LogP contribution in [-0.4, -0.2) is 60.0 Å². The van der Waals surface area contributed by atoms with Gasteiger partial charge in [0.1, 0.15) is 0 Å². The molecule has 0 saturated carbocycles. The maximum atomic E-state index is 11.8. The summed E-state index contributed by atoms with van der Waals surface area (Å²) in [6.07, 6.45) is 7.74. The molecule has 158 valence electrons. The van der Waals surface area contributed by atoms with Crippen LogP contribution in [0.4, 0.5) is 0 Å². The second-order valence-corrected chi connectivity index (χ2v) is 7.29. The Bertz CT molecular complexity index is 807. The Morgan fingerprint density at radius 1 is 1.38 bits per heavy atom. The molecule has 1 fully saturated rings. The first kappa shape index (κ1) is 23.2. The average molecular weight is 510 g/mol.